The molecule has 3 nitrogen and oxygen atoms in total. The van der Waals surface area contributed by atoms with Crippen LogP contribution in [0.25, 0.3) is 0 Å². The Kier molecular flexibility index (Phi) is 2.77. The zero-order chi connectivity index (χ0) is 10.0. The minimum atomic E-state index is -0.0222. The minimum absolute atomic E-state index is 0.0222. The summed E-state index contributed by atoms with van der Waals surface area (Å²) in [6.45, 7) is 6.16. The second-order valence-electron chi connectivity index (χ2n) is 4.53. The van der Waals surface area contributed by atoms with Crippen molar-refractivity contribution >= 4 is 5.91 Å². The molecule has 2 aliphatic rings. The highest BCUT2D eigenvalue weighted by Gasteiger charge is 2.41. The van der Waals surface area contributed by atoms with Crippen LogP contribution in [-0.2, 0) is 4.79 Å². The van der Waals surface area contributed by atoms with Gasteiger partial charge in [-0.3, -0.25) is 4.79 Å². The minimum Gasteiger partial charge on any atom is -0.342 e. The number of carbonyl (C=O) groups is 1. The lowest BCUT2D eigenvalue weighted by Gasteiger charge is -2.42. The highest BCUT2D eigenvalue weighted by molar-refractivity contribution is 5.83. The van der Waals surface area contributed by atoms with Crippen molar-refractivity contribution in [3.8, 4) is 0 Å². The van der Waals surface area contributed by atoms with Gasteiger partial charge in [0, 0.05) is 13.1 Å². The molecule has 2 saturated heterocycles. The summed E-state index contributed by atoms with van der Waals surface area (Å²) in [5.41, 5.74) is -0.0222. The summed E-state index contributed by atoms with van der Waals surface area (Å²) in [7, 11) is 0. The van der Waals surface area contributed by atoms with Gasteiger partial charge in [0.2, 0.25) is 5.91 Å². The van der Waals surface area contributed by atoms with Crippen LogP contribution in [0.3, 0.4) is 0 Å². The largest absolute Gasteiger partial charge is 0.342 e. The van der Waals surface area contributed by atoms with Gasteiger partial charge in [0.05, 0.1) is 5.41 Å². The first-order chi connectivity index (χ1) is 6.78. The van der Waals surface area contributed by atoms with E-state index in [9.17, 15) is 4.79 Å². The number of rotatable bonds is 2. The fourth-order valence-electron chi connectivity index (χ4n) is 2.48. The van der Waals surface area contributed by atoms with E-state index in [0.717, 1.165) is 45.4 Å². The van der Waals surface area contributed by atoms with Gasteiger partial charge in [-0.05, 0) is 38.8 Å². The number of carbonyl (C=O) groups excluding carboxylic acids is 1. The Labute approximate surface area is 85.8 Å². The van der Waals surface area contributed by atoms with Crippen molar-refractivity contribution in [1.82, 2.24) is 10.2 Å². The number of nitrogens with one attached hydrogen (secondary N) is 1. The van der Waals surface area contributed by atoms with E-state index in [0.29, 0.717) is 5.91 Å². The lowest BCUT2D eigenvalue weighted by atomic mass is 9.75. The van der Waals surface area contributed by atoms with Gasteiger partial charge in [-0.1, -0.05) is 6.92 Å². The van der Waals surface area contributed by atoms with E-state index in [-0.39, 0.29) is 5.41 Å². The molecular formula is C11H20N2O. The second-order valence-corrected chi connectivity index (χ2v) is 4.53. The Bertz CT molecular complexity index is 217. The molecule has 0 saturated carbocycles. The first-order valence-corrected chi connectivity index (χ1v) is 5.79. The van der Waals surface area contributed by atoms with E-state index in [1.165, 1.54) is 6.42 Å². The fourth-order valence-corrected chi connectivity index (χ4v) is 2.48. The van der Waals surface area contributed by atoms with E-state index < -0.39 is 0 Å². The first kappa shape index (κ1) is 9.97. The molecule has 2 rings (SSSR count). The third-order valence-electron chi connectivity index (χ3n) is 3.83. The smallest absolute Gasteiger partial charge is 0.228 e. The Morgan fingerprint density at radius 1 is 1.36 bits per heavy atom. The molecule has 80 valence electrons. The zero-order valence-corrected chi connectivity index (χ0v) is 9.01. The monoisotopic (exact) mass is 196 g/mol. The maximum Gasteiger partial charge on any atom is 0.228 e. The highest BCUT2D eigenvalue weighted by atomic mass is 16.2. The molecule has 2 fully saturated rings. The normalized spacial score (nSPS) is 25.6. The average Bonchev–Trinajstić information content (AvgIpc) is 2.16. The number of hydrogen-bond acceptors (Lipinski definition) is 2. The molecule has 0 unspecified atom stereocenters. The number of hydrogen-bond donors (Lipinski definition) is 1. The summed E-state index contributed by atoms with van der Waals surface area (Å²) >= 11 is 0. The SMILES string of the molecule is CCC1(C(=O)N2CCC2)CCNCC1. The van der Waals surface area contributed by atoms with E-state index in [4.69, 9.17) is 0 Å². The number of amides is 1. The molecule has 0 aromatic carbocycles. The van der Waals surface area contributed by atoms with Crippen molar-refractivity contribution in [3.63, 3.8) is 0 Å². The molecule has 0 radical (unpaired) electrons. The average molecular weight is 196 g/mol. The van der Waals surface area contributed by atoms with Crippen molar-refractivity contribution in [2.24, 2.45) is 5.41 Å². The molecule has 3 heteroatoms. The molecule has 14 heavy (non-hydrogen) atoms. The van der Waals surface area contributed by atoms with Crippen LogP contribution in [0.4, 0.5) is 0 Å². The Morgan fingerprint density at radius 2 is 2.00 bits per heavy atom. The van der Waals surface area contributed by atoms with Crippen LogP contribution in [0, 0.1) is 5.41 Å². The van der Waals surface area contributed by atoms with Crippen molar-refractivity contribution in [1.29, 1.82) is 0 Å². The van der Waals surface area contributed by atoms with Gasteiger partial charge in [0.1, 0.15) is 0 Å². The van der Waals surface area contributed by atoms with Crippen LogP contribution in [-0.4, -0.2) is 37.0 Å². The Morgan fingerprint density at radius 3 is 2.43 bits per heavy atom. The Hall–Kier alpha value is -0.570. The van der Waals surface area contributed by atoms with Crippen molar-refractivity contribution < 1.29 is 4.79 Å². The Balaban J connectivity index is 2.05. The third kappa shape index (κ3) is 1.54. The summed E-state index contributed by atoms with van der Waals surface area (Å²) in [5.74, 6) is 0.424. The fraction of sp³-hybridized carbons (Fsp3) is 0.909. The van der Waals surface area contributed by atoms with Crippen molar-refractivity contribution in [3.05, 3.63) is 0 Å². The van der Waals surface area contributed by atoms with Gasteiger partial charge >= 0.3 is 0 Å². The lowest BCUT2D eigenvalue weighted by Crippen LogP contribution is -2.53. The molecule has 2 heterocycles. The van der Waals surface area contributed by atoms with Gasteiger partial charge in [-0.2, -0.15) is 0 Å². The molecule has 0 aromatic heterocycles. The van der Waals surface area contributed by atoms with Crippen molar-refractivity contribution in [2.45, 2.75) is 32.6 Å². The van der Waals surface area contributed by atoms with E-state index >= 15 is 0 Å². The topological polar surface area (TPSA) is 32.3 Å². The molecule has 0 bridgehead atoms. The molecule has 0 aliphatic carbocycles. The van der Waals surface area contributed by atoms with Crippen LogP contribution < -0.4 is 5.32 Å². The maximum absolute atomic E-state index is 12.2. The summed E-state index contributed by atoms with van der Waals surface area (Å²) in [6.07, 6.45) is 4.26. The summed E-state index contributed by atoms with van der Waals surface area (Å²) in [5, 5.41) is 3.33. The molecule has 0 spiro atoms. The lowest BCUT2D eigenvalue weighted by molar-refractivity contribution is -0.147. The predicted molar refractivity (Wildman–Crippen MR) is 56.0 cm³/mol. The quantitative estimate of drug-likeness (QED) is 0.714. The number of piperidine rings is 1. The molecule has 2 aliphatic heterocycles. The van der Waals surface area contributed by atoms with Crippen LogP contribution >= 0.6 is 0 Å². The van der Waals surface area contributed by atoms with Crippen LogP contribution in [0.15, 0.2) is 0 Å². The second kappa shape index (κ2) is 3.89. The first-order valence-electron chi connectivity index (χ1n) is 5.79. The third-order valence-corrected chi connectivity index (χ3v) is 3.83. The molecule has 0 atom stereocenters. The maximum atomic E-state index is 12.2. The van der Waals surface area contributed by atoms with Crippen LogP contribution in [0.5, 0.6) is 0 Å². The van der Waals surface area contributed by atoms with E-state index in [1.807, 2.05) is 4.90 Å². The van der Waals surface area contributed by atoms with Gasteiger partial charge in [-0.25, -0.2) is 0 Å². The summed E-state index contributed by atoms with van der Waals surface area (Å²) < 4.78 is 0. The number of nitrogens with zero attached hydrogens (tertiary/aromatic N) is 1. The summed E-state index contributed by atoms with van der Waals surface area (Å²) in [4.78, 5) is 14.3. The van der Waals surface area contributed by atoms with E-state index in [1.54, 1.807) is 0 Å². The molecular weight excluding hydrogens is 176 g/mol. The van der Waals surface area contributed by atoms with Gasteiger partial charge in [-0.15, -0.1) is 0 Å². The number of likely N-dealkylation sites (tertiary alicyclic amines) is 1. The van der Waals surface area contributed by atoms with E-state index in [2.05, 4.69) is 12.2 Å². The summed E-state index contributed by atoms with van der Waals surface area (Å²) in [6, 6.07) is 0. The zero-order valence-electron chi connectivity index (χ0n) is 9.01. The molecule has 0 aromatic rings. The van der Waals surface area contributed by atoms with Crippen LogP contribution in [0.2, 0.25) is 0 Å². The van der Waals surface area contributed by atoms with Crippen molar-refractivity contribution in [2.75, 3.05) is 26.2 Å². The highest BCUT2D eigenvalue weighted by Crippen LogP contribution is 2.35. The van der Waals surface area contributed by atoms with Crippen LogP contribution in [0.1, 0.15) is 32.6 Å². The molecule has 1 amide bonds. The predicted octanol–water partition coefficient (Wildman–Crippen LogP) is 0.998. The standard InChI is InChI=1S/C11H20N2O/c1-2-11(4-6-12-7-5-11)10(14)13-8-3-9-13/h12H,2-9H2,1H3. The molecule has 1 N–H and O–H groups in total. The van der Waals surface area contributed by atoms with Gasteiger partial charge in [0.15, 0.2) is 0 Å². The van der Waals surface area contributed by atoms with Gasteiger partial charge in [0.25, 0.3) is 0 Å². The van der Waals surface area contributed by atoms with Gasteiger partial charge < -0.3 is 10.2 Å².